The van der Waals surface area contributed by atoms with Crippen molar-refractivity contribution in [1.29, 1.82) is 0 Å². The third-order valence-electron chi connectivity index (χ3n) is 3.99. The summed E-state index contributed by atoms with van der Waals surface area (Å²) in [6, 6.07) is 11.7. The zero-order valence-corrected chi connectivity index (χ0v) is 15.5. The monoisotopic (exact) mass is 394 g/mol. The lowest BCUT2D eigenvalue weighted by atomic mass is 10.0. The summed E-state index contributed by atoms with van der Waals surface area (Å²) in [4.78, 5) is 24.7. The highest BCUT2D eigenvalue weighted by atomic mass is 19.1. The molecule has 1 atom stereocenters. The van der Waals surface area contributed by atoms with Gasteiger partial charge in [-0.1, -0.05) is 12.1 Å². The van der Waals surface area contributed by atoms with Crippen LogP contribution in [0.25, 0.3) is 0 Å². The first-order valence-electron chi connectivity index (χ1n) is 8.58. The Bertz CT molecular complexity index is 1040. The van der Waals surface area contributed by atoms with E-state index in [1.807, 2.05) is 0 Å². The summed E-state index contributed by atoms with van der Waals surface area (Å²) in [5, 5.41) is 2.74. The summed E-state index contributed by atoms with van der Waals surface area (Å²) in [5.74, 6) is -0.951. The van der Waals surface area contributed by atoms with Gasteiger partial charge in [-0.3, -0.25) is 9.78 Å². The number of nitrogens with one attached hydrogen (secondary N) is 1. The number of hydrogen-bond donors (Lipinski definition) is 3. The zero-order chi connectivity index (χ0) is 20.8. The van der Waals surface area contributed by atoms with Crippen molar-refractivity contribution in [3.63, 3.8) is 0 Å². The van der Waals surface area contributed by atoms with Gasteiger partial charge in [0.05, 0.1) is 19.0 Å². The van der Waals surface area contributed by atoms with Gasteiger partial charge in [-0.05, 0) is 42.0 Å². The van der Waals surface area contributed by atoms with Crippen molar-refractivity contribution in [1.82, 2.24) is 9.97 Å². The highest BCUT2D eigenvalue weighted by Gasteiger charge is 2.20. The number of pyridine rings is 2. The molecule has 0 aliphatic carbocycles. The Morgan fingerprint density at radius 1 is 1.21 bits per heavy atom. The van der Waals surface area contributed by atoms with Gasteiger partial charge in [0.2, 0.25) is 0 Å². The molecule has 0 spiro atoms. The molecule has 1 unspecified atom stereocenters. The van der Waals surface area contributed by atoms with Crippen molar-refractivity contribution in [2.75, 3.05) is 18.2 Å². The fourth-order valence-electron chi connectivity index (χ4n) is 2.59. The molecule has 9 heteroatoms. The Balaban J connectivity index is 1.93. The van der Waals surface area contributed by atoms with Crippen molar-refractivity contribution < 1.29 is 13.9 Å². The molecule has 0 aliphatic heterocycles. The van der Waals surface area contributed by atoms with Gasteiger partial charge in [0, 0.05) is 11.9 Å². The Morgan fingerprint density at radius 2 is 2.03 bits per heavy atom. The smallest absolute Gasteiger partial charge is 0.282 e. The maximum atomic E-state index is 14.3. The molecule has 2 heterocycles. The van der Waals surface area contributed by atoms with Gasteiger partial charge in [0.1, 0.15) is 23.2 Å². The number of nitrogens with two attached hydrogens (primary N) is 2. The summed E-state index contributed by atoms with van der Waals surface area (Å²) >= 11 is 0. The van der Waals surface area contributed by atoms with Crippen molar-refractivity contribution in [3.05, 3.63) is 83.7 Å². The standard InChI is InChI=1S/C20H19FN6O2/c1-29-20(23)27-17(18-15(21)6-3-9-24-18)12-4-2-5-14(10-12)26-19(28)16-8-7-13(22)11-25-16/h2-11,17H,22H2,1H3,(H2,23,27)(H,26,28). The Kier molecular flexibility index (Phi) is 5.98. The molecule has 0 aliphatic rings. The van der Waals surface area contributed by atoms with E-state index >= 15 is 0 Å². The number of halogens is 1. The molecule has 5 N–H and O–H groups in total. The molecule has 29 heavy (non-hydrogen) atoms. The van der Waals surface area contributed by atoms with Crippen LogP contribution < -0.4 is 16.8 Å². The first kappa shape index (κ1) is 19.7. The highest BCUT2D eigenvalue weighted by Crippen LogP contribution is 2.28. The number of amidine groups is 1. The lowest BCUT2D eigenvalue weighted by Gasteiger charge is -2.15. The molecule has 148 valence electrons. The molecule has 0 bridgehead atoms. The van der Waals surface area contributed by atoms with E-state index in [4.69, 9.17) is 16.2 Å². The number of amides is 1. The molecule has 8 nitrogen and oxygen atoms in total. The number of benzene rings is 1. The molecule has 0 fully saturated rings. The fraction of sp³-hybridized carbons (Fsp3) is 0.100. The van der Waals surface area contributed by atoms with Crippen LogP contribution in [0, 0.1) is 5.82 Å². The second-order valence-electron chi connectivity index (χ2n) is 6.00. The molecule has 0 saturated carbocycles. The van der Waals surface area contributed by atoms with E-state index in [2.05, 4.69) is 20.3 Å². The third-order valence-corrected chi connectivity index (χ3v) is 3.99. The number of carbonyl (C=O) groups excluding carboxylic acids is 1. The SMILES string of the molecule is CO/C(N)=N\C(c1cccc(NC(=O)c2ccc(N)cn2)c1)c1ncccc1F. The van der Waals surface area contributed by atoms with Gasteiger partial charge in [-0.25, -0.2) is 14.4 Å². The highest BCUT2D eigenvalue weighted by molar-refractivity contribution is 6.03. The molecule has 0 saturated heterocycles. The van der Waals surface area contributed by atoms with Crippen molar-refractivity contribution in [3.8, 4) is 0 Å². The Labute approximate surface area is 166 Å². The number of anilines is 2. The number of aliphatic imine (C=N–C) groups is 1. The number of methoxy groups -OCH3 is 1. The topological polar surface area (TPSA) is 129 Å². The maximum absolute atomic E-state index is 14.3. The van der Waals surface area contributed by atoms with Gasteiger partial charge in [0.15, 0.2) is 0 Å². The maximum Gasteiger partial charge on any atom is 0.282 e. The molecular weight excluding hydrogens is 375 g/mol. The first-order valence-corrected chi connectivity index (χ1v) is 8.58. The van der Waals surface area contributed by atoms with Crippen LogP contribution >= 0.6 is 0 Å². The summed E-state index contributed by atoms with van der Waals surface area (Å²) in [7, 11) is 1.36. The van der Waals surface area contributed by atoms with Crippen LogP contribution in [0.2, 0.25) is 0 Å². The van der Waals surface area contributed by atoms with Crippen molar-refractivity contribution >= 4 is 23.3 Å². The molecule has 0 radical (unpaired) electrons. The minimum Gasteiger partial charge on any atom is -0.469 e. The van der Waals surface area contributed by atoms with E-state index < -0.39 is 17.8 Å². The lowest BCUT2D eigenvalue weighted by Crippen LogP contribution is -2.17. The van der Waals surface area contributed by atoms with Gasteiger partial charge in [0.25, 0.3) is 11.9 Å². The van der Waals surface area contributed by atoms with Crippen LogP contribution in [0.15, 0.2) is 65.9 Å². The first-order chi connectivity index (χ1) is 14.0. The normalized spacial score (nSPS) is 12.3. The van der Waals surface area contributed by atoms with E-state index in [1.165, 1.54) is 37.7 Å². The summed E-state index contributed by atoms with van der Waals surface area (Å²) in [6.07, 6.45) is 2.86. The second-order valence-corrected chi connectivity index (χ2v) is 6.00. The number of hydrogen-bond acceptors (Lipinski definition) is 6. The van der Waals surface area contributed by atoms with E-state index in [9.17, 15) is 9.18 Å². The van der Waals surface area contributed by atoms with Crippen LogP contribution in [0.4, 0.5) is 15.8 Å². The van der Waals surface area contributed by atoms with Crippen LogP contribution in [-0.2, 0) is 4.74 Å². The Hall–Kier alpha value is -4.01. The average Bonchev–Trinajstić information content (AvgIpc) is 2.73. The number of nitrogen functional groups attached to an aromatic ring is 1. The van der Waals surface area contributed by atoms with E-state index in [-0.39, 0.29) is 17.4 Å². The quantitative estimate of drug-likeness (QED) is 0.450. The van der Waals surface area contributed by atoms with E-state index in [0.29, 0.717) is 16.9 Å². The predicted octanol–water partition coefficient (Wildman–Crippen LogP) is 2.50. The van der Waals surface area contributed by atoms with Crippen molar-refractivity contribution in [2.24, 2.45) is 10.7 Å². The summed E-state index contributed by atoms with van der Waals surface area (Å²) < 4.78 is 19.3. The van der Waals surface area contributed by atoms with Gasteiger partial charge in [-0.2, -0.15) is 0 Å². The molecule has 1 amide bonds. The van der Waals surface area contributed by atoms with E-state index in [1.54, 1.807) is 30.3 Å². The summed E-state index contributed by atoms with van der Waals surface area (Å²) in [5.41, 5.74) is 13.1. The average molecular weight is 394 g/mol. The minimum absolute atomic E-state index is 0.0798. The molecule has 3 aromatic rings. The number of nitrogens with zero attached hydrogens (tertiary/aromatic N) is 3. The van der Waals surface area contributed by atoms with Crippen LogP contribution in [0.1, 0.15) is 27.8 Å². The van der Waals surface area contributed by atoms with Crippen LogP contribution in [-0.4, -0.2) is 29.0 Å². The van der Waals surface area contributed by atoms with Crippen LogP contribution in [0.3, 0.4) is 0 Å². The summed E-state index contributed by atoms with van der Waals surface area (Å²) in [6.45, 7) is 0. The molecular formula is C20H19FN6O2. The minimum atomic E-state index is -0.859. The van der Waals surface area contributed by atoms with Gasteiger partial charge < -0.3 is 21.5 Å². The molecule has 2 aromatic heterocycles. The number of carbonyl (C=O) groups is 1. The number of rotatable bonds is 5. The molecule has 1 aromatic carbocycles. The van der Waals surface area contributed by atoms with Crippen molar-refractivity contribution in [2.45, 2.75) is 6.04 Å². The fourth-order valence-corrected chi connectivity index (χ4v) is 2.59. The largest absolute Gasteiger partial charge is 0.469 e. The van der Waals surface area contributed by atoms with Gasteiger partial charge >= 0.3 is 0 Å². The molecule has 3 rings (SSSR count). The van der Waals surface area contributed by atoms with Crippen LogP contribution in [0.5, 0.6) is 0 Å². The zero-order valence-electron chi connectivity index (χ0n) is 15.5. The Morgan fingerprint density at radius 3 is 2.72 bits per heavy atom. The van der Waals surface area contributed by atoms with Gasteiger partial charge in [-0.15, -0.1) is 0 Å². The number of aromatic nitrogens is 2. The lowest BCUT2D eigenvalue weighted by molar-refractivity contribution is 0.102. The number of ether oxygens (including phenoxy) is 1. The van der Waals surface area contributed by atoms with E-state index in [0.717, 1.165) is 0 Å². The second kappa shape index (κ2) is 8.79. The predicted molar refractivity (Wildman–Crippen MR) is 108 cm³/mol. The third kappa shape index (κ3) is 4.83.